The second-order valence-corrected chi connectivity index (χ2v) is 13.1. The van der Waals surface area contributed by atoms with Crippen LogP contribution in [0.1, 0.15) is 72.6 Å². The smallest absolute Gasteiger partial charge is 0.192 e. The van der Waals surface area contributed by atoms with Crippen molar-refractivity contribution < 1.29 is 14.6 Å². The molecule has 0 bridgehead atoms. The molecule has 2 atom stereocenters. The van der Waals surface area contributed by atoms with Crippen molar-refractivity contribution in [1.29, 1.82) is 0 Å². The molecule has 0 radical (unpaired) electrons. The average Bonchev–Trinajstić information content (AvgIpc) is 2.50. The maximum absolute atomic E-state index is 10.3. The Morgan fingerprint density at radius 1 is 1.04 bits per heavy atom. The van der Waals surface area contributed by atoms with Crippen LogP contribution >= 0.6 is 0 Å². The van der Waals surface area contributed by atoms with Crippen LogP contribution in [0.25, 0.3) is 0 Å². The summed E-state index contributed by atoms with van der Waals surface area (Å²) < 4.78 is 6.03. The Bertz CT molecular complexity index is 377. The summed E-state index contributed by atoms with van der Waals surface area (Å²) in [4.78, 5) is 0. The molecule has 0 aliphatic rings. The number of aliphatic hydroxyl groups is 2. The molecule has 4 heteroatoms. The van der Waals surface area contributed by atoms with Gasteiger partial charge in [-0.3, -0.25) is 0 Å². The lowest BCUT2D eigenvalue weighted by Crippen LogP contribution is -2.43. The summed E-state index contributed by atoms with van der Waals surface area (Å²) in [7, 11) is -1.88. The number of aliphatic hydroxyl groups excluding tert-OH is 2. The van der Waals surface area contributed by atoms with Crippen molar-refractivity contribution >= 4 is 8.32 Å². The average molecular weight is 357 g/mol. The molecule has 0 aromatic carbocycles. The van der Waals surface area contributed by atoms with Crippen molar-refractivity contribution in [2.24, 2.45) is 5.92 Å². The highest BCUT2D eigenvalue weighted by Gasteiger charge is 2.37. The van der Waals surface area contributed by atoms with Gasteiger partial charge in [-0.15, -0.1) is 5.92 Å². The summed E-state index contributed by atoms with van der Waals surface area (Å²) >= 11 is 0. The molecule has 0 saturated heterocycles. The molecule has 0 amide bonds. The van der Waals surface area contributed by atoms with Crippen LogP contribution in [0, 0.1) is 17.8 Å². The summed E-state index contributed by atoms with van der Waals surface area (Å²) in [5.74, 6) is 5.75. The van der Waals surface area contributed by atoms with Crippen LogP contribution in [0.15, 0.2) is 0 Å². The van der Waals surface area contributed by atoms with Crippen molar-refractivity contribution in [2.45, 2.75) is 96.9 Å². The fourth-order valence-corrected chi connectivity index (χ4v) is 3.11. The quantitative estimate of drug-likeness (QED) is 0.319. The van der Waals surface area contributed by atoms with Gasteiger partial charge >= 0.3 is 0 Å². The van der Waals surface area contributed by atoms with Gasteiger partial charge < -0.3 is 14.6 Å². The maximum Gasteiger partial charge on any atom is 0.192 e. The van der Waals surface area contributed by atoms with Crippen LogP contribution in [0.3, 0.4) is 0 Å². The zero-order valence-corrected chi connectivity index (χ0v) is 17.8. The molecule has 0 aliphatic heterocycles. The number of rotatable bonds is 11. The predicted octanol–water partition coefficient (Wildman–Crippen LogP) is 4.73. The van der Waals surface area contributed by atoms with Gasteiger partial charge in [0.2, 0.25) is 0 Å². The SMILES string of the molecule is CCCCCCCCC#CC(CO)C(O)CO[Si](C)(C)C(C)(C)C. The third-order valence-electron chi connectivity index (χ3n) is 5.03. The predicted molar refractivity (Wildman–Crippen MR) is 106 cm³/mol. The summed E-state index contributed by atoms with van der Waals surface area (Å²) in [6.07, 6.45) is 7.63. The second-order valence-electron chi connectivity index (χ2n) is 8.27. The second kappa shape index (κ2) is 12.1. The molecule has 24 heavy (non-hydrogen) atoms. The van der Waals surface area contributed by atoms with Crippen LogP contribution in [-0.2, 0) is 4.43 Å². The van der Waals surface area contributed by atoms with Crippen LogP contribution in [0.4, 0.5) is 0 Å². The topological polar surface area (TPSA) is 49.7 Å². The first-order chi connectivity index (χ1) is 11.2. The zero-order chi connectivity index (χ0) is 18.6. The summed E-state index contributed by atoms with van der Waals surface area (Å²) in [6, 6.07) is 0. The monoisotopic (exact) mass is 356 g/mol. The summed E-state index contributed by atoms with van der Waals surface area (Å²) in [6.45, 7) is 13.2. The molecule has 142 valence electrons. The molecule has 0 aromatic heterocycles. The number of hydrogen-bond donors (Lipinski definition) is 2. The van der Waals surface area contributed by atoms with Gasteiger partial charge in [-0.05, 0) is 24.6 Å². The molecule has 0 fully saturated rings. The van der Waals surface area contributed by atoms with E-state index in [-0.39, 0.29) is 18.3 Å². The highest BCUT2D eigenvalue weighted by Crippen LogP contribution is 2.36. The van der Waals surface area contributed by atoms with E-state index in [0.29, 0.717) is 0 Å². The van der Waals surface area contributed by atoms with Gasteiger partial charge in [-0.25, -0.2) is 0 Å². The van der Waals surface area contributed by atoms with E-state index in [0.717, 1.165) is 12.8 Å². The van der Waals surface area contributed by atoms with E-state index in [1.807, 2.05) is 0 Å². The first-order valence-electron chi connectivity index (χ1n) is 9.57. The van der Waals surface area contributed by atoms with E-state index in [2.05, 4.69) is 52.6 Å². The van der Waals surface area contributed by atoms with E-state index in [4.69, 9.17) is 4.43 Å². The molecule has 0 aliphatic carbocycles. The van der Waals surface area contributed by atoms with Crippen molar-refractivity contribution in [3.63, 3.8) is 0 Å². The van der Waals surface area contributed by atoms with Gasteiger partial charge in [0.25, 0.3) is 0 Å². The van der Waals surface area contributed by atoms with Crippen molar-refractivity contribution in [3.8, 4) is 11.8 Å². The van der Waals surface area contributed by atoms with Gasteiger partial charge in [0.1, 0.15) is 0 Å². The maximum atomic E-state index is 10.3. The molecule has 0 heterocycles. The summed E-state index contributed by atoms with van der Waals surface area (Å²) in [5.41, 5.74) is 0. The molecule has 0 aromatic rings. The first-order valence-corrected chi connectivity index (χ1v) is 12.5. The Hall–Kier alpha value is -0.343. The van der Waals surface area contributed by atoms with Gasteiger partial charge in [-0.1, -0.05) is 65.7 Å². The van der Waals surface area contributed by atoms with Crippen LogP contribution in [-0.4, -0.2) is 37.8 Å². The van der Waals surface area contributed by atoms with Gasteiger partial charge in [0, 0.05) is 6.42 Å². The number of unbranched alkanes of at least 4 members (excludes halogenated alkanes) is 6. The van der Waals surface area contributed by atoms with Crippen molar-refractivity contribution in [3.05, 3.63) is 0 Å². The fourth-order valence-electron chi connectivity index (χ4n) is 2.09. The molecular formula is C20H40O3Si. The van der Waals surface area contributed by atoms with Crippen LogP contribution in [0.5, 0.6) is 0 Å². The van der Waals surface area contributed by atoms with E-state index in [1.165, 1.54) is 32.1 Å². The molecule has 2 unspecified atom stereocenters. The fraction of sp³-hybridized carbons (Fsp3) is 0.900. The normalized spacial score (nSPS) is 14.8. The van der Waals surface area contributed by atoms with E-state index in [9.17, 15) is 10.2 Å². The lowest BCUT2D eigenvalue weighted by atomic mass is 10.0. The van der Waals surface area contributed by atoms with Crippen molar-refractivity contribution in [1.82, 2.24) is 0 Å². The minimum absolute atomic E-state index is 0.116. The van der Waals surface area contributed by atoms with Crippen LogP contribution in [0.2, 0.25) is 18.1 Å². The van der Waals surface area contributed by atoms with E-state index < -0.39 is 20.3 Å². The molecule has 3 nitrogen and oxygen atoms in total. The van der Waals surface area contributed by atoms with Gasteiger partial charge in [0.15, 0.2) is 8.32 Å². The standard InChI is InChI=1S/C20H40O3Si/c1-7-8-9-10-11-12-13-14-15-18(16-21)19(22)17-23-24(5,6)20(2,3)4/h18-19,21-22H,7-13,16-17H2,1-6H3. The Morgan fingerprint density at radius 3 is 2.17 bits per heavy atom. The minimum Gasteiger partial charge on any atom is -0.414 e. The zero-order valence-electron chi connectivity index (χ0n) is 16.8. The van der Waals surface area contributed by atoms with Crippen LogP contribution < -0.4 is 0 Å². The van der Waals surface area contributed by atoms with Gasteiger partial charge in [-0.2, -0.15) is 0 Å². The Kier molecular flexibility index (Phi) is 11.9. The van der Waals surface area contributed by atoms with E-state index >= 15 is 0 Å². The lowest BCUT2D eigenvalue weighted by Gasteiger charge is -2.37. The van der Waals surface area contributed by atoms with Gasteiger partial charge in [0.05, 0.1) is 25.2 Å². The number of hydrogen-bond acceptors (Lipinski definition) is 3. The Balaban J connectivity index is 4.18. The Morgan fingerprint density at radius 2 is 1.62 bits per heavy atom. The molecule has 0 spiro atoms. The molecule has 0 rings (SSSR count). The first kappa shape index (κ1) is 23.7. The largest absolute Gasteiger partial charge is 0.414 e. The lowest BCUT2D eigenvalue weighted by molar-refractivity contribution is 0.0487. The highest BCUT2D eigenvalue weighted by molar-refractivity contribution is 6.74. The molecule has 2 N–H and O–H groups in total. The van der Waals surface area contributed by atoms with E-state index in [1.54, 1.807) is 0 Å². The molecular weight excluding hydrogens is 316 g/mol. The Labute approximate surface area is 151 Å². The minimum atomic E-state index is -1.88. The third-order valence-corrected chi connectivity index (χ3v) is 9.53. The summed E-state index contributed by atoms with van der Waals surface area (Å²) in [5, 5.41) is 19.9. The third kappa shape index (κ3) is 9.83. The van der Waals surface area contributed by atoms with Crippen molar-refractivity contribution in [2.75, 3.05) is 13.2 Å². The highest BCUT2D eigenvalue weighted by atomic mass is 28.4. The molecule has 0 saturated carbocycles.